The van der Waals surface area contributed by atoms with Gasteiger partial charge >= 0.3 is 5.97 Å². The summed E-state index contributed by atoms with van der Waals surface area (Å²) >= 11 is 2.01. The lowest BCUT2D eigenvalue weighted by molar-refractivity contribution is -0.136. The monoisotopic (exact) mass is 251 g/mol. The van der Waals surface area contributed by atoms with Crippen LogP contribution in [0.25, 0.3) is 0 Å². The average molecular weight is 251 g/mol. The van der Waals surface area contributed by atoms with Gasteiger partial charge in [-0.3, -0.25) is 9.69 Å². The third-order valence-electron chi connectivity index (χ3n) is 2.89. The first-order valence-corrected chi connectivity index (χ1v) is 6.99. The molecule has 0 bridgehead atoms. The molecule has 1 aliphatic rings. The van der Waals surface area contributed by atoms with Gasteiger partial charge in [-0.25, -0.2) is 0 Å². The van der Waals surface area contributed by atoms with Gasteiger partial charge in [-0.15, -0.1) is 0 Å². The van der Waals surface area contributed by atoms with Crippen molar-refractivity contribution in [2.24, 2.45) is 0 Å². The highest BCUT2D eigenvalue weighted by molar-refractivity contribution is 7.99. The van der Waals surface area contributed by atoms with Crippen LogP contribution in [-0.2, 0) is 17.8 Å². The molecule has 0 aliphatic carbocycles. The van der Waals surface area contributed by atoms with E-state index in [2.05, 4.69) is 4.90 Å². The van der Waals surface area contributed by atoms with Crippen molar-refractivity contribution in [1.29, 1.82) is 0 Å². The second kappa shape index (κ2) is 6.07. The summed E-state index contributed by atoms with van der Waals surface area (Å²) in [5, 5.41) is 8.69. The second-order valence-electron chi connectivity index (χ2n) is 4.28. The molecule has 1 aromatic carbocycles. The predicted octanol–water partition coefficient (Wildman–Crippen LogP) is 1.86. The number of aliphatic carboxylic acids is 1. The van der Waals surface area contributed by atoms with E-state index in [1.54, 1.807) is 0 Å². The van der Waals surface area contributed by atoms with Crippen LogP contribution in [0.1, 0.15) is 11.1 Å². The number of nitrogens with zero attached hydrogens (tertiary/aromatic N) is 1. The lowest BCUT2D eigenvalue weighted by Gasteiger charge is -2.26. The molecule has 92 valence electrons. The number of carbonyl (C=O) groups is 1. The van der Waals surface area contributed by atoms with Crippen molar-refractivity contribution in [3.05, 3.63) is 35.4 Å². The molecule has 0 atom stereocenters. The summed E-state index contributed by atoms with van der Waals surface area (Å²) in [6, 6.07) is 7.92. The molecule has 1 fully saturated rings. The van der Waals surface area contributed by atoms with Crippen LogP contribution in [0.5, 0.6) is 0 Å². The van der Waals surface area contributed by atoms with Crippen molar-refractivity contribution in [1.82, 2.24) is 4.90 Å². The van der Waals surface area contributed by atoms with E-state index in [4.69, 9.17) is 5.11 Å². The van der Waals surface area contributed by atoms with E-state index in [0.717, 1.165) is 25.2 Å². The fourth-order valence-electron chi connectivity index (χ4n) is 1.95. The van der Waals surface area contributed by atoms with Crippen molar-refractivity contribution >= 4 is 17.7 Å². The van der Waals surface area contributed by atoms with E-state index in [0.29, 0.717) is 0 Å². The number of rotatable bonds is 4. The molecular formula is C13H17NO2S. The zero-order valence-electron chi connectivity index (χ0n) is 9.76. The van der Waals surface area contributed by atoms with Crippen LogP contribution in [0.15, 0.2) is 24.3 Å². The number of carboxylic acids is 1. The quantitative estimate of drug-likeness (QED) is 0.887. The minimum Gasteiger partial charge on any atom is -0.481 e. The van der Waals surface area contributed by atoms with Crippen LogP contribution in [-0.4, -0.2) is 40.6 Å². The van der Waals surface area contributed by atoms with Gasteiger partial charge in [0.15, 0.2) is 0 Å². The highest BCUT2D eigenvalue weighted by atomic mass is 32.2. The molecule has 1 saturated heterocycles. The van der Waals surface area contributed by atoms with Crippen LogP contribution in [0.3, 0.4) is 0 Å². The minimum absolute atomic E-state index is 0.112. The van der Waals surface area contributed by atoms with E-state index >= 15 is 0 Å². The number of carboxylic acid groups (broad SMARTS) is 1. The van der Waals surface area contributed by atoms with E-state index < -0.39 is 5.97 Å². The maximum atomic E-state index is 10.6. The van der Waals surface area contributed by atoms with Crippen molar-refractivity contribution in [3.8, 4) is 0 Å². The van der Waals surface area contributed by atoms with Gasteiger partial charge in [-0.2, -0.15) is 11.8 Å². The maximum Gasteiger partial charge on any atom is 0.307 e. The summed E-state index contributed by atoms with van der Waals surface area (Å²) in [5.74, 6) is 1.67. The third-order valence-corrected chi connectivity index (χ3v) is 3.83. The molecule has 0 saturated carbocycles. The number of benzene rings is 1. The Morgan fingerprint density at radius 3 is 2.35 bits per heavy atom. The lowest BCUT2D eigenvalue weighted by atomic mass is 10.1. The molecule has 1 aromatic rings. The van der Waals surface area contributed by atoms with E-state index in [1.807, 2.05) is 36.0 Å². The SMILES string of the molecule is O=C(O)Cc1ccc(CN2CCSCC2)cc1. The lowest BCUT2D eigenvalue weighted by Crippen LogP contribution is -2.31. The maximum absolute atomic E-state index is 10.6. The summed E-state index contributed by atoms with van der Waals surface area (Å²) < 4.78 is 0. The molecule has 1 aliphatic heterocycles. The van der Waals surface area contributed by atoms with Gasteiger partial charge in [0.25, 0.3) is 0 Å². The largest absolute Gasteiger partial charge is 0.481 e. The predicted molar refractivity (Wildman–Crippen MR) is 70.4 cm³/mol. The van der Waals surface area contributed by atoms with Gasteiger partial charge in [-0.05, 0) is 11.1 Å². The van der Waals surface area contributed by atoms with Crippen LogP contribution < -0.4 is 0 Å². The molecule has 4 heteroatoms. The number of hydrogen-bond donors (Lipinski definition) is 1. The minimum atomic E-state index is -0.772. The zero-order chi connectivity index (χ0) is 12.1. The summed E-state index contributed by atoms with van der Waals surface area (Å²) in [5.41, 5.74) is 2.14. The van der Waals surface area contributed by atoms with Crippen LogP contribution in [0.4, 0.5) is 0 Å². The molecule has 3 nitrogen and oxygen atoms in total. The van der Waals surface area contributed by atoms with Crippen LogP contribution in [0.2, 0.25) is 0 Å². The topological polar surface area (TPSA) is 40.5 Å². The Labute approximate surface area is 106 Å². The van der Waals surface area contributed by atoms with Gasteiger partial charge in [0, 0.05) is 31.1 Å². The van der Waals surface area contributed by atoms with Crippen molar-refractivity contribution in [2.45, 2.75) is 13.0 Å². The Balaban J connectivity index is 1.90. The highest BCUT2D eigenvalue weighted by Gasteiger charge is 2.10. The fourth-order valence-corrected chi connectivity index (χ4v) is 2.93. The highest BCUT2D eigenvalue weighted by Crippen LogP contribution is 2.13. The Morgan fingerprint density at radius 1 is 1.18 bits per heavy atom. The van der Waals surface area contributed by atoms with Gasteiger partial charge in [0.1, 0.15) is 0 Å². The smallest absolute Gasteiger partial charge is 0.307 e. The van der Waals surface area contributed by atoms with Crippen molar-refractivity contribution < 1.29 is 9.90 Å². The Hall–Kier alpha value is -1.00. The zero-order valence-corrected chi connectivity index (χ0v) is 10.6. The first kappa shape index (κ1) is 12.5. The molecule has 2 rings (SSSR count). The number of hydrogen-bond acceptors (Lipinski definition) is 3. The Kier molecular flexibility index (Phi) is 4.45. The molecule has 1 heterocycles. The standard InChI is InChI=1S/C13H17NO2S/c15-13(16)9-11-1-3-12(4-2-11)10-14-5-7-17-8-6-14/h1-4H,5-10H2,(H,15,16). The van der Waals surface area contributed by atoms with Crippen LogP contribution >= 0.6 is 11.8 Å². The molecule has 1 N–H and O–H groups in total. The van der Waals surface area contributed by atoms with Gasteiger partial charge in [0.05, 0.1) is 6.42 Å². The molecule has 0 amide bonds. The van der Waals surface area contributed by atoms with Crippen molar-refractivity contribution in [3.63, 3.8) is 0 Å². The van der Waals surface area contributed by atoms with Gasteiger partial charge < -0.3 is 5.11 Å². The van der Waals surface area contributed by atoms with Gasteiger partial charge in [0.2, 0.25) is 0 Å². The average Bonchev–Trinajstić information content (AvgIpc) is 2.32. The normalized spacial score (nSPS) is 16.9. The third kappa shape index (κ3) is 4.06. The molecule has 0 spiro atoms. The fraction of sp³-hybridized carbons (Fsp3) is 0.462. The molecule has 0 aromatic heterocycles. The molecule has 17 heavy (non-hydrogen) atoms. The second-order valence-corrected chi connectivity index (χ2v) is 5.50. The summed E-state index contributed by atoms with van der Waals surface area (Å²) in [7, 11) is 0. The summed E-state index contributed by atoms with van der Waals surface area (Å²) in [6.45, 7) is 3.29. The summed E-state index contributed by atoms with van der Waals surface area (Å²) in [6.07, 6.45) is 0.112. The summed E-state index contributed by atoms with van der Waals surface area (Å²) in [4.78, 5) is 13.0. The first-order valence-electron chi connectivity index (χ1n) is 5.84. The Bertz CT molecular complexity index is 372. The Morgan fingerprint density at radius 2 is 1.76 bits per heavy atom. The van der Waals surface area contributed by atoms with E-state index in [9.17, 15) is 4.79 Å². The molecular weight excluding hydrogens is 234 g/mol. The first-order chi connectivity index (χ1) is 8.24. The van der Waals surface area contributed by atoms with Gasteiger partial charge in [-0.1, -0.05) is 24.3 Å². The number of thioether (sulfide) groups is 1. The van der Waals surface area contributed by atoms with E-state index in [-0.39, 0.29) is 6.42 Å². The van der Waals surface area contributed by atoms with E-state index in [1.165, 1.54) is 17.1 Å². The van der Waals surface area contributed by atoms with Crippen molar-refractivity contribution in [2.75, 3.05) is 24.6 Å². The molecule has 0 unspecified atom stereocenters. The molecule has 0 radical (unpaired) electrons. The van der Waals surface area contributed by atoms with Crippen LogP contribution in [0, 0.1) is 0 Å².